The van der Waals surface area contributed by atoms with Gasteiger partial charge in [-0.2, -0.15) is 0 Å². The second kappa shape index (κ2) is 5.33. The van der Waals surface area contributed by atoms with Crippen LogP contribution in [0, 0.1) is 0 Å². The van der Waals surface area contributed by atoms with Crippen molar-refractivity contribution in [2.45, 2.75) is 44.7 Å². The van der Waals surface area contributed by atoms with Crippen LogP contribution in [0.2, 0.25) is 0 Å². The van der Waals surface area contributed by atoms with Gasteiger partial charge in [0.15, 0.2) is 5.82 Å². The van der Waals surface area contributed by atoms with Crippen LogP contribution in [0.4, 0.5) is 5.82 Å². The van der Waals surface area contributed by atoms with Gasteiger partial charge in [0.05, 0.1) is 0 Å². The number of likely N-dealkylation sites (N-methyl/N-ethyl adjacent to an activating group) is 1. The zero-order chi connectivity index (χ0) is 13.2. The fourth-order valence-corrected chi connectivity index (χ4v) is 2.93. The number of hydrogen-bond acceptors (Lipinski definition) is 4. The van der Waals surface area contributed by atoms with E-state index in [9.17, 15) is 4.79 Å². The fraction of sp³-hybridized carbons (Fsp3) is 0.714. The van der Waals surface area contributed by atoms with Gasteiger partial charge >= 0.3 is 0 Å². The zero-order valence-electron chi connectivity index (χ0n) is 11.5. The number of anilines is 1. The minimum absolute atomic E-state index is 0.0809. The highest BCUT2D eigenvalue weighted by atomic mass is 16.1. The first-order valence-electron chi connectivity index (χ1n) is 7.35. The summed E-state index contributed by atoms with van der Waals surface area (Å²) in [6, 6.07) is 0.812. The highest BCUT2D eigenvalue weighted by Crippen LogP contribution is 2.33. The van der Waals surface area contributed by atoms with Crippen molar-refractivity contribution in [3.05, 3.63) is 22.7 Å². The molecule has 0 amide bonds. The van der Waals surface area contributed by atoms with Crippen molar-refractivity contribution in [3.63, 3.8) is 0 Å². The average Bonchev–Trinajstić information content (AvgIpc) is 3.27. The highest BCUT2D eigenvalue weighted by molar-refractivity contribution is 5.37. The van der Waals surface area contributed by atoms with Crippen molar-refractivity contribution in [2.24, 2.45) is 0 Å². The molecule has 1 aromatic rings. The molecule has 0 spiro atoms. The Morgan fingerprint density at radius 2 is 2.32 bits per heavy atom. The molecule has 19 heavy (non-hydrogen) atoms. The number of nitrogens with zero attached hydrogens (tertiary/aromatic N) is 3. The van der Waals surface area contributed by atoms with Gasteiger partial charge in [0.2, 0.25) is 0 Å². The van der Waals surface area contributed by atoms with Crippen LogP contribution >= 0.6 is 0 Å². The summed E-state index contributed by atoms with van der Waals surface area (Å²) >= 11 is 0. The van der Waals surface area contributed by atoms with E-state index < -0.39 is 0 Å². The van der Waals surface area contributed by atoms with Gasteiger partial charge in [0, 0.05) is 37.6 Å². The standard InChI is InChI=1S/C14H22N4O/c1-2-17(12-4-3-7-15-10-12)13-14(19)18(9-8-16-13)11-5-6-11/h8-9,11-12,15H,2-7,10H2,1H3. The van der Waals surface area contributed by atoms with E-state index in [1.807, 2.05) is 10.8 Å². The van der Waals surface area contributed by atoms with E-state index in [1.165, 1.54) is 6.42 Å². The van der Waals surface area contributed by atoms with Gasteiger partial charge in [-0.25, -0.2) is 4.98 Å². The third kappa shape index (κ3) is 2.52. The van der Waals surface area contributed by atoms with Gasteiger partial charge in [-0.1, -0.05) is 0 Å². The van der Waals surface area contributed by atoms with E-state index in [0.717, 1.165) is 38.9 Å². The van der Waals surface area contributed by atoms with E-state index in [2.05, 4.69) is 22.1 Å². The molecule has 0 bridgehead atoms. The topological polar surface area (TPSA) is 50.2 Å². The van der Waals surface area contributed by atoms with E-state index in [0.29, 0.717) is 17.9 Å². The highest BCUT2D eigenvalue weighted by Gasteiger charge is 2.28. The van der Waals surface area contributed by atoms with E-state index in [4.69, 9.17) is 0 Å². The molecule has 1 aliphatic heterocycles. The van der Waals surface area contributed by atoms with Crippen molar-refractivity contribution in [1.29, 1.82) is 0 Å². The van der Waals surface area contributed by atoms with E-state index in [-0.39, 0.29) is 5.56 Å². The summed E-state index contributed by atoms with van der Waals surface area (Å²) in [7, 11) is 0. The first-order valence-corrected chi connectivity index (χ1v) is 7.35. The van der Waals surface area contributed by atoms with Crippen molar-refractivity contribution in [3.8, 4) is 0 Å². The lowest BCUT2D eigenvalue weighted by Gasteiger charge is -2.34. The third-order valence-corrected chi connectivity index (χ3v) is 4.11. The minimum atomic E-state index is 0.0809. The molecule has 1 saturated carbocycles. The summed E-state index contributed by atoms with van der Waals surface area (Å²) in [5.41, 5.74) is 0.0809. The lowest BCUT2D eigenvalue weighted by atomic mass is 10.1. The summed E-state index contributed by atoms with van der Waals surface area (Å²) in [6.07, 6.45) is 8.16. The average molecular weight is 262 g/mol. The first kappa shape index (κ1) is 12.7. The molecule has 104 valence electrons. The number of aromatic nitrogens is 2. The molecule has 1 unspecified atom stereocenters. The Morgan fingerprint density at radius 1 is 1.47 bits per heavy atom. The lowest BCUT2D eigenvalue weighted by Crippen LogP contribution is -2.48. The second-order valence-corrected chi connectivity index (χ2v) is 5.48. The summed E-state index contributed by atoms with van der Waals surface area (Å²) in [6.45, 7) is 4.98. The molecule has 1 atom stereocenters. The van der Waals surface area contributed by atoms with Crippen molar-refractivity contribution < 1.29 is 0 Å². The molecule has 2 aliphatic rings. The van der Waals surface area contributed by atoms with Crippen LogP contribution in [0.3, 0.4) is 0 Å². The van der Waals surface area contributed by atoms with Crippen LogP contribution in [0.15, 0.2) is 17.2 Å². The molecule has 0 aromatic carbocycles. The molecule has 2 fully saturated rings. The first-order chi connectivity index (χ1) is 9.31. The molecular weight excluding hydrogens is 240 g/mol. The van der Waals surface area contributed by atoms with Gasteiger partial charge < -0.3 is 14.8 Å². The zero-order valence-corrected chi connectivity index (χ0v) is 11.5. The summed E-state index contributed by atoms with van der Waals surface area (Å²) in [4.78, 5) is 19.1. The maximum absolute atomic E-state index is 12.5. The number of nitrogens with one attached hydrogen (secondary N) is 1. The van der Waals surface area contributed by atoms with Crippen LogP contribution in [0.5, 0.6) is 0 Å². The third-order valence-electron chi connectivity index (χ3n) is 4.11. The Bertz CT molecular complexity index is 488. The normalized spacial score (nSPS) is 23.3. The summed E-state index contributed by atoms with van der Waals surface area (Å²) in [5.74, 6) is 0.630. The van der Waals surface area contributed by atoms with Gasteiger partial charge in [-0.15, -0.1) is 0 Å². The Balaban J connectivity index is 1.90. The van der Waals surface area contributed by atoms with Crippen molar-refractivity contribution in [1.82, 2.24) is 14.9 Å². The maximum Gasteiger partial charge on any atom is 0.293 e. The van der Waals surface area contributed by atoms with Crippen LogP contribution in [0.1, 0.15) is 38.6 Å². The number of piperidine rings is 1. The summed E-state index contributed by atoms with van der Waals surface area (Å²) in [5, 5.41) is 3.41. The smallest absolute Gasteiger partial charge is 0.293 e. The van der Waals surface area contributed by atoms with Crippen molar-refractivity contribution >= 4 is 5.82 Å². The minimum Gasteiger partial charge on any atom is -0.348 e. The second-order valence-electron chi connectivity index (χ2n) is 5.48. The molecule has 1 N–H and O–H groups in total. The quantitative estimate of drug-likeness (QED) is 0.884. The molecule has 1 aromatic heterocycles. The van der Waals surface area contributed by atoms with E-state index in [1.54, 1.807) is 6.20 Å². The lowest BCUT2D eigenvalue weighted by molar-refractivity contribution is 0.431. The molecule has 5 heteroatoms. The van der Waals surface area contributed by atoms with Gasteiger partial charge in [0.25, 0.3) is 5.56 Å². The predicted octanol–water partition coefficient (Wildman–Crippen LogP) is 1.16. The molecule has 1 saturated heterocycles. The molecule has 3 rings (SSSR count). The Morgan fingerprint density at radius 3 is 2.95 bits per heavy atom. The Labute approximate surface area is 113 Å². The Kier molecular flexibility index (Phi) is 3.55. The van der Waals surface area contributed by atoms with Crippen molar-refractivity contribution in [2.75, 3.05) is 24.5 Å². The molecule has 5 nitrogen and oxygen atoms in total. The largest absolute Gasteiger partial charge is 0.348 e. The fourth-order valence-electron chi connectivity index (χ4n) is 2.93. The van der Waals surface area contributed by atoms with Crippen LogP contribution < -0.4 is 15.8 Å². The molecule has 0 radical (unpaired) electrons. The monoisotopic (exact) mass is 262 g/mol. The summed E-state index contributed by atoms with van der Waals surface area (Å²) < 4.78 is 1.86. The van der Waals surface area contributed by atoms with Crippen LogP contribution in [-0.2, 0) is 0 Å². The number of rotatable bonds is 4. The molecule has 1 aliphatic carbocycles. The SMILES string of the molecule is CCN(c1nccn(C2CC2)c1=O)C1CCCNC1. The van der Waals surface area contributed by atoms with Crippen LogP contribution in [-0.4, -0.2) is 35.2 Å². The maximum atomic E-state index is 12.5. The van der Waals surface area contributed by atoms with Gasteiger partial charge in [-0.3, -0.25) is 4.79 Å². The van der Waals surface area contributed by atoms with E-state index >= 15 is 0 Å². The van der Waals surface area contributed by atoms with Gasteiger partial charge in [-0.05, 0) is 39.2 Å². The van der Waals surface area contributed by atoms with Gasteiger partial charge in [0.1, 0.15) is 0 Å². The molecule has 2 heterocycles. The molecular formula is C14H22N4O. The van der Waals surface area contributed by atoms with Crippen LogP contribution in [0.25, 0.3) is 0 Å². The Hall–Kier alpha value is -1.36. The number of hydrogen-bond donors (Lipinski definition) is 1. The predicted molar refractivity (Wildman–Crippen MR) is 75.7 cm³/mol.